The number of rotatable bonds is 5. The van der Waals surface area contributed by atoms with Crippen molar-refractivity contribution in [2.45, 2.75) is 31.2 Å². The van der Waals surface area contributed by atoms with E-state index in [-0.39, 0.29) is 5.91 Å². The quantitative estimate of drug-likeness (QED) is 0.471. The molecular weight excluding hydrogens is 418 g/mol. The van der Waals surface area contributed by atoms with Gasteiger partial charge in [-0.1, -0.05) is 27.7 Å². The molecule has 1 atom stereocenters. The number of thioether (sulfide) groups is 1. The van der Waals surface area contributed by atoms with Crippen molar-refractivity contribution >= 4 is 39.3 Å². The van der Waals surface area contributed by atoms with Crippen LogP contribution in [0.4, 0.5) is 5.69 Å². The van der Waals surface area contributed by atoms with E-state index in [9.17, 15) is 4.79 Å². The molecule has 0 fully saturated rings. The van der Waals surface area contributed by atoms with Crippen molar-refractivity contribution in [1.82, 2.24) is 24.7 Å². The van der Waals surface area contributed by atoms with Gasteiger partial charge in [0.05, 0.1) is 10.9 Å². The second-order valence-corrected chi connectivity index (χ2v) is 7.97. The largest absolute Gasteiger partial charge is 0.334 e. The molecular formula is C16H18BrN7OS. The average molecular weight is 436 g/mol. The van der Waals surface area contributed by atoms with E-state index in [0.717, 1.165) is 21.5 Å². The van der Waals surface area contributed by atoms with Crippen LogP contribution < -0.4 is 11.2 Å². The molecule has 0 bridgehead atoms. The van der Waals surface area contributed by atoms with Crippen LogP contribution >= 0.6 is 27.7 Å². The van der Waals surface area contributed by atoms with Crippen molar-refractivity contribution in [2.75, 3.05) is 11.2 Å². The Morgan fingerprint density at radius 1 is 1.27 bits per heavy atom. The molecule has 3 N–H and O–H groups in total. The van der Waals surface area contributed by atoms with Crippen molar-refractivity contribution in [3.8, 4) is 5.95 Å². The van der Waals surface area contributed by atoms with Crippen LogP contribution in [-0.4, -0.2) is 35.8 Å². The van der Waals surface area contributed by atoms with Crippen molar-refractivity contribution in [3.63, 3.8) is 0 Å². The van der Waals surface area contributed by atoms with Gasteiger partial charge in [-0.15, -0.1) is 10.2 Å². The Morgan fingerprint density at radius 2 is 1.96 bits per heavy atom. The van der Waals surface area contributed by atoms with E-state index < -0.39 is 5.25 Å². The smallest absolute Gasteiger partial charge is 0.271 e. The van der Waals surface area contributed by atoms with Gasteiger partial charge >= 0.3 is 0 Å². The van der Waals surface area contributed by atoms with Crippen molar-refractivity contribution in [2.24, 2.45) is 0 Å². The number of anilines is 1. The molecule has 0 spiro atoms. The zero-order valence-electron chi connectivity index (χ0n) is 14.5. The van der Waals surface area contributed by atoms with Gasteiger partial charge in [0.25, 0.3) is 5.95 Å². The minimum absolute atomic E-state index is 0.145. The second-order valence-electron chi connectivity index (χ2n) is 5.75. The zero-order valence-corrected chi connectivity index (χ0v) is 16.9. The molecule has 3 rings (SSSR count). The van der Waals surface area contributed by atoms with Crippen molar-refractivity contribution < 1.29 is 4.79 Å². The first-order valence-corrected chi connectivity index (χ1v) is 9.49. The summed E-state index contributed by atoms with van der Waals surface area (Å²) in [4.78, 5) is 12.4. The molecule has 8 nitrogen and oxygen atoms in total. The maximum Gasteiger partial charge on any atom is 0.271 e. The highest BCUT2D eigenvalue weighted by Gasteiger charge is 2.21. The Balaban J connectivity index is 1.71. The van der Waals surface area contributed by atoms with Gasteiger partial charge in [-0.05, 0) is 51.1 Å². The molecule has 2 aromatic heterocycles. The molecule has 136 valence electrons. The van der Waals surface area contributed by atoms with Crippen LogP contribution in [0.3, 0.4) is 0 Å². The average Bonchev–Trinajstić information content (AvgIpc) is 3.11. The number of hydrogen-bond acceptors (Lipinski definition) is 6. The van der Waals surface area contributed by atoms with Gasteiger partial charge in [0.1, 0.15) is 0 Å². The highest BCUT2D eigenvalue weighted by atomic mass is 79.9. The van der Waals surface area contributed by atoms with E-state index in [1.54, 1.807) is 11.6 Å². The molecule has 1 aromatic carbocycles. The number of benzene rings is 1. The fourth-order valence-corrected chi connectivity index (χ4v) is 3.34. The molecule has 26 heavy (non-hydrogen) atoms. The summed E-state index contributed by atoms with van der Waals surface area (Å²) in [5.74, 6) is 6.36. The van der Waals surface area contributed by atoms with E-state index >= 15 is 0 Å². The number of nitrogen functional groups attached to an aromatic ring is 1. The third-order valence-corrected chi connectivity index (χ3v) is 5.19. The summed E-state index contributed by atoms with van der Waals surface area (Å²) in [6.07, 6.45) is 0. The summed E-state index contributed by atoms with van der Waals surface area (Å²) in [6, 6.07) is 9.31. The number of halogens is 1. The predicted octanol–water partition coefficient (Wildman–Crippen LogP) is 2.68. The summed E-state index contributed by atoms with van der Waals surface area (Å²) >= 11 is 4.60. The molecule has 0 aliphatic carbocycles. The molecule has 3 aromatic rings. The van der Waals surface area contributed by atoms with Crippen LogP contribution in [0.15, 0.2) is 40.0 Å². The Morgan fingerprint density at radius 3 is 2.58 bits per heavy atom. The third kappa shape index (κ3) is 3.91. The number of aromatic nitrogens is 5. The number of hydrogen-bond donors (Lipinski definition) is 2. The topological polar surface area (TPSA) is 104 Å². The van der Waals surface area contributed by atoms with Gasteiger partial charge in [-0.2, -0.15) is 5.10 Å². The number of aryl methyl sites for hydroxylation is 2. The van der Waals surface area contributed by atoms with Crippen molar-refractivity contribution in [3.05, 3.63) is 46.2 Å². The normalized spacial score (nSPS) is 12.2. The van der Waals surface area contributed by atoms with Gasteiger partial charge in [0.15, 0.2) is 0 Å². The molecule has 1 amide bonds. The summed E-state index contributed by atoms with van der Waals surface area (Å²) < 4.78 is 3.91. The van der Waals surface area contributed by atoms with E-state index in [0.29, 0.717) is 11.1 Å². The Bertz CT molecular complexity index is 935. The Kier molecular flexibility index (Phi) is 5.33. The van der Waals surface area contributed by atoms with Crippen molar-refractivity contribution in [1.29, 1.82) is 0 Å². The predicted molar refractivity (Wildman–Crippen MR) is 105 cm³/mol. The summed E-state index contributed by atoms with van der Waals surface area (Å²) in [7, 11) is 0. The van der Waals surface area contributed by atoms with E-state index in [4.69, 9.17) is 5.84 Å². The van der Waals surface area contributed by atoms with Gasteiger partial charge in [-0.3, -0.25) is 4.79 Å². The monoisotopic (exact) mass is 435 g/mol. The first kappa shape index (κ1) is 18.5. The lowest BCUT2D eigenvalue weighted by Crippen LogP contribution is -2.24. The minimum Gasteiger partial charge on any atom is -0.334 e. The number of nitrogens with one attached hydrogen (secondary N) is 1. The molecule has 0 radical (unpaired) electrons. The number of nitrogens with zero attached hydrogens (tertiary/aromatic N) is 5. The molecule has 0 saturated carbocycles. The van der Waals surface area contributed by atoms with Crippen LogP contribution in [-0.2, 0) is 4.79 Å². The second kappa shape index (κ2) is 7.50. The SMILES string of the molecule is Cc1cc(C)n(-c2nnc(SC(C)C(=O)Nc3ccc(Br)cc3)n2N)n1. The van der Waals surface area contributed by atoms with Crippen LogP contribution in [0, 0.1) is 13.8 Å². The molecule has 2 heterocycles. The van der Waals surface area contributed by atoms with Gasteiger partial charge in [0, 0.05) is 15.9 Å². The molecule has 0 saturated heterocycles. The third-order valence-electron chi connectivity index (χ3n) is 3.61. The number of carbonyl (C=O) groups is 1. The number of amides is 1. The highest BCUT2D eigenvalue weighted by Crippen LogP contribution is 2.23. The lowest BCUT2D eigenvalue weighted by atomic mass is 10.3. The maximum atomic E-state index is 12.4. The molecule has 0 aliphatic heterocycles. The molecule has 0 aliphatic rings. The molecule has 1 unspecified atom stereocenters. The summed E-state index contributed by atoms with van der Waals surface area (Å²) in [5.41, 5.74) is 2.49. The van der Waals surface area contributed by atoms with Gasteiger partial charge in [-0.25, -0.2) is 9.36 Å². The lowest BCUT2D eigenvalue weighted by Gasteiger charge is -2.11. The first-order chi connectivity index (χ1) is 12.3. The number of carbonyl (C=O) groups excluding carboxylic acids is 1. The summed E-state index contributed by atoms with van der Waals surface area (Å²) in [5, 5.41) is 15.4. The Hall–Kier alpha value is -2.33. The number of nitrogens with two attached hydrogens (primary N) is 1. The Labute approximate surface area is 163 Å². The molecule has 10 heteroatoms. The van der Waals surface area contributed by atoms with Gasteiger partial charge < -0.3 is 11.2 Å². The maximum absolute atomic E-state index is 12.4. The van der Waals surface area contributed by atoms with Crippen LogP contribution in [0.5, 0.6) is 0 Å². The van der Waals surface area contributed by atoms with E-state index in [2.05, 4.69) is 36.5 Å². The standard InChI is InChI=1S/C16H18BrN7OS/c1-9-8-10(2)24(22-9)15-20-21-16(23(15)18)26-11(3)14(25)19-13-6-4-12(17)5-7-13/h4-8,11H,18H2,1-3H3,(H,19,25). The zero-order chi connectivity index (χ0) is 18.8. The highest BCUT2D eigenvalue weighted by molar-refractivity contribution is 9.10. The first-order valence-electron chi connectivity index (χ1n) is 7.82. The van der Waals surface area contributed by atoms with Crippen LogP contribution in [0.2, 0.25) is 0 Å². The fourth-order valence-electron chi connectivity index (χ4n) is 2.31. The van der Waals surface area contributed by atoms with Gasteiger partial charge in [0.2, 0.25) is 11.1 Å². The van der Waals surface area contributed by atoms with E-state index in [1.807, 2.05) is 44.2 Å². The lowest BCUT2D eigenvalue weighted by molar-refractivity contribution is -0.115. The van der Waals surface area contributed by atoms with E-state index in [1.165, 1.54) is 16.4 Å². The van der Waals surface area contributed by atoms with Crippen LogP contribution in [0.1, 0.15) is 18.3 Å². The van der Waals surface area contributed by atoms with Crippen LogP contribution in [0.25, 0.3) is 5.95 Å². The summed E-state index contributed by atoms with van der Waals surface area (Å²) in [6.45, 7) is 5.59. The minimum atomic E-state index is -0.404. The fraction of sp³-hybridized carbons (Fsp3) is 0.250.